The van der Waals surface area contributed by atoms with Crippen LogP contribution in [-0.4, -0.2) is 32.3 Å². The van der Waals surface area contributed by atoms with Gasteiger partial charge >= 0.3 is 5.63 Å². The van der Waals surface area contributed by atoms with Crippen molar-refractivity contribution in [1.82, 2.24) is 5.32 Å². The highest BCUT2D eigenvalue weighted by atomic mass is 16.5. The maximum atomic E-state index is 12.4. The quantitative estimate of drug-likeness (QED) is 0.440. The number of benzene rings is 2. The zero-order valence-corrected chi connectivity index (χ0v) is 16.4. The first kappa shape index (κ1) is 20.3. The van der Waals surface area contributed by atoms with Crippen LogP contribution in [-0.2, 0) is 0 Å². The van der Waals surface area contributed by atoms with Gasteiger partial charge < -0.3 is 23.9 Å². The van der Waals surface area contributed by atoms with Crippen molar-refractivity contribution in [1.29, 1.82) is 0 Å². The van der Waals surface area contributed by atoms with Crippen molar-refractivity contribution in [3.05, 3.63) is 64.5 Å². The molecule has 0 aliphatic heterocycles. The Morgan fingerprint density at radius 3 is 2.34 bits per heavy atom. The van der Waals surface area contributed by atoms with E-state index in [9.17, 15) is 9.59 Å². The maximum absolute atomic E-state index is 12.4. The molecule has 0 aliphatic rings. The number of rotatable bonds is 9. The van der Waals surface area contributed by atoms with Gasteiger partial charge in [0.2, 0.25) is 0 Å². The SMILES string of the molecule is CCOc1ccc(OCCNC(=O)c2cc3cccc(OCC)c3oc2=O)cc1. The molecule has 0 fully saturated rings. The average molecular weight is 397 g/mol. The lowest BCUT2D eigenvalue weighted by molar-refractivity contribution is 0.0943. The molecule has 7 nitrogen and oxygen atoms in total. The van der Waals surface area contributed by atoms with Crippen molar-refractivity contribution in [3.63, 3.8) is 0 Å². The van der Waals surface area contributed by atoms with Crippen molar-refractivity contribution in [3.8, 4) is 17.2 Å². The average Bonchev–Trinajstić information content (AvgIpc) is 2.73. The van der Waals surface area contributed by atoms with E-state index < -0.39 is 11.5 Å². The Hall–Kier alpha value is -3.48. The summed E-state index contributed by atoms with van der Waals surface area (Å²) in [7, 11) is 0. The molecule has 0 radical (unpaired) electrons. The second kappa shape index (κ2) is 9.64. The number of hydrogen-bond acceptors (Lipinski definition) is 6. The van der Waals surface area contributed by atoms with Crippen LogP contribution in [0, 0.1) is 0 Å². The van der Waals surface area contributed by atoms with Crippen LogP contribution >= 0.6 is 0 Å². The summed E-state index contributed by atoms with van der Waals surface area (Å²) >= 11 is 0. The van der Waals surface area contributed by atoms with Gasteiger partial charge in [-0.25, -0.2) is 4.79 Å². The van der Waals surface area contributed by atoms with E-state index in [1.807, 2.05) is 26.0 Å². The number of carbonyl (C=O) groups is 1. The number of hydrogen-bond donors (Lipinski definition) is 1. The molecular formula is C22H23NO6. The van der Waals surface area contributed by atoms with Crippen LogP contribution in [0.3, 0.4) is 0 Å². The molecule has 7 heteroatoms. The van der Waals surface area contributed by atoms with Crippen LogP contribution in [0.1, 0.15) is 24.2 Å². The van der Waals surface area contributed by atoms with Crippen LogP contribution in [0.4, 0.5) is 0 Å². The van der Waals surface area contributed by atoms with Crippen molar-refractivity contribution in [2.45, 2.75) is 13.8 Å². The molecule has 29 heavy (non-hydrogen) atoms. The molecule has 0 spiro atoms. The van der Waals surface area contributed by atoms with Gasteiger partial charge in [-0.1, -0.05) is 12.1 Å². The number of ether oxygens (including phenoxy) is 3. The molecule has 0 bridgehead atoms. The summed E-state index contributed by atoms with van der Waals surface area (Å²) in [5.74, 6) is 1.38. The molecule has 2 aromatic carbocycles. The fourth-order valence-corrected chi connectivity index (χ4v) is 2.77. The minimum absolute atomic E-state index is 0.0628. The van der Waals surface area contributed by atoms with E-state index >= 15 is 0 Å². The highest BCUT2D eigenvalue weighted by Crippen LogP contribution is 2.24. The first-order valence-corrected chi connectivity index (χ1v) is 9.46. The van der Waals surface area contributed by atoms with E-state index in [0.717, 1.165) is 5.75 Å². The lowest BCUT2D eigenvalue weighted by Gasteiger charge is -2.09. The maximum Gasteiger partial charge on any atom is 0.349 e. The summed E-state index contributed by atoms with van der Waals surface area (Å²) in [5, 5.41) is 3.28. The summed E-state index contributed by atoms with van der Waals surface area (Å²) < 4.78 is 21.7. The number of nitrogens with one attached hydrogen (secondary N) is 1. The van der Waals surface area contributed by atoms with Gasteiger partial charge in [0, 0.05) is 5.39 Å². The summed E-state index contributed by atoms with van der Waals surface area (Å²) in [4.78, 5) is 24.6. The van der Waals surface area contributed by atoms with E-state index in [-0.39, 0.29) is 18.7 Å². The second-order valence-electron chi connectivity index (χ2n) is 6.06. The highest BCUT2D eigenvalue weighted by Gasteiger charge is 2.15. The molecule has 3 rings (SSSR count). The van der Waals surface area contributed by atoms with E-state index in [4.69, 9.17) is 18.6 Å². The van der Waals surface area contributed by atoms with Gasteiger partial charge in [0.15, 0.2) is 11.3 Å². The first-order valence-electron chi connectivity index (χ1n) is 9.46. The molecule has 1 N–H and O–H groups in total. The Morgan fingerprint density at radius 1 is 0.966 bits per heavy atom. The van der Waals surface area contributed by atoms with Gasteiger partial charge in [-0.3, -0.25) is 4.79 Å². The summed E-state index contributed by atoms with van der Waals surface area (Å²) in [6.45, 7) is 5.30. The van der Waals surface area contributed by atoms with Crippen LogP contribution in [0.25, 0.3) is 11.0 Å². The number of fused-ring (bicyclic) bond motifs is 1. The Morgan fingerprint density at radius 2 is 1.66 bits per heavy atom. The minimum atomic E-state index is -0.713. The smallest absolute Gasteiger partial charge is 0.349 e. The lowest BCUT2D eigenvalue weighted by Crippen LogP contribution is -2.31. The van der Waals surface area contributed by atoms with Gasteiger partial charge in [-0.15, -0.1) is 0 Å². The number of para-hydroxylation sites is 1. The minimum Gasteiger partial charge on any atom is -0.494 e. The van der Waals surface area contributed by atoms with Crippen molar-refractivity contribution >= 4 is 16.9 Å². The van der Waals surface area contributed by atoms with Gasteiger partial charge in [-0.2, -0.15) is 0 Å². The number of carbonyl (C=O) groups excluding carboxylic acids is 1. The normalized spacial score (nSPS) is 10.6. The molecule has 0 saturated heterocycles. The van der Waals surface area contributed by atoms with Crippen molar-refractivity contribution in [2.24, 2.45) is 0 Å². The third kappa shape index (κ3) is 5.07. The monoisotopic (exact) mass is 397 g/mol. The second-order valence-corrected chi connectivity index (χ2v) is 6.06. The molecule has 0 unspecified atom stereocenters. The first-order chi connectivity index (χ1) is 14.1. The van der Waals surface area contributed by atoms with Crippen molar-refractivity contribution < 1.29 is 23.4 Å². The largest absolute Gasteiger partial charge is 0.494 e. The predicted octanol–water partition coefficient (Wildman–Crippen LogP) is 3.40. The summed E-state index contributed by atoms with van der Waals surface area (Å²) in [6, 6.07) is 14.0. The van der Waals surface area contributed by atoms with E-state index in [1.54, 1.807) is 30.3 Å². The molecular weight excluding hydrogens is 374 g/mol. The third-order valence-electron chi connectivity index (χ3n) is 4.06. The van der Waals surface area contributed by atoms with Gasteiger partial charge in [-0.05, 0) is 50.2 Å². The molecule has 3 aromatic rings. The third-order valence-corrected chi connectivity index (χ3v) is 4.06. The Labute approximate surface area is 168 Å². The fourth-order valence-electron chi connectivity index (χ4n) is 2.77. The van der Waals surface area contributed by atoms with E-state index in [0.29, 0.717) is 35.7 Å². The van der Waals surface area contributed by atoms with Crippen LogP contribution in [0.2, 0.25) is 0 Å². The lowest BCUT2D eigenvalue weighted by atomic mass is 10.1. The zero-order chi connectivity index (χ0) is 20.6. The molecule has 152 valence electrons. The number of amides is 1. The van der Waals surface area contributed by atoms with Crippen LogP contribution in [0.15, 0.2) is 57.7 Å². The van der Waals surface area contributed by atoms with Gasteiger partial charge in [0.05, 0.1) is 19.8 Å². The topological polar surface area (TPSA) is 87.0 Å². The Balaban J connectivity index is 1.59. The fraction of sp³-hybridized carbons (Fsp3) is 0.273. The van der Waals surface area contributed by atoms with E-state index in [2.05, 4.69) is 5.32 Å². The highest BCUT2D eigenvalue weighted by molar-refractivity contribution is 5.97. The summed E-state index contributed by atoms with van der Waals surface area (Å²) in [5.41, 5.74) is -0.448. The Bertz CT molecular complexity index is 1030. The Kier molecular flexibility index (Phi) is 6.73. The molecule has 1 amide bonds. The van der Waals surface area contributed by atoms with Crippen molar-refractivity contribution in [2.75, 3.05) is 26.4 Å². The van der Waals surface area contributed by atoms with Crippen LogP contribution < -0.4 is 25.2 Å². The molecule has 1 heterocycles. The van der Waals surface area contributed by atoms with Gasteiger partial charge in [0.1, 0.15) is 23.7 Å². The summed E-state index contributed by atoms with van der Waals surface area (Å²) in [6.07, 6.45) is 0. The molecule has 0 saturated carbocycles. The van der Waals surface area contributed by atoms with Crippen LogP contribution in [0.5, 0.6) is 17.2 Å². The molecule has 0 atom stereocenters. The molecule has 1 aromatic heterocycles. The zero-order valence-electron chi connectivity index (χ0n) is 16.4. The van der Waals surface area contributed by atoms with E-state index in [1.165, 1.54) is 6.07 Å². The van der Waals surface area contributed by atoms with Gasteiger partial charge in [0.25, 0.3) is 5.91 Å². The predicted molar refractivity (Wildman–Crippen MR) is 109 cm³/mol. The standard InChI is InChI=1S/C22H23NO6/c1-3-26-16-8-10-17(11-9-16)28-13-12-23-21(24)18-14-15-6-5-7-19(27-4-2)20(15)29-22(18)25/h5-11,14H,3-4,12-13H2,1-2H3,(H,23,24). The molecule has 0 aliphatic carbocycles.